The van der Waals surface area contributed by atoms with Crippen LogP contribution in [0.5, 0.6) is 11.5 Å². The molecule has 0 saturated carbocycles. The minimum absolute atomic E-state index is 0.695. The molecular formula is C15H23N3O3. The lowest BCUT2D eigenvalue weighted by Gasteiger charge is -2.06. The molecule has 0 aliphatic heterocycles. The van der Waals surface area contributed by atoms with Crippen molar-refractivity contribution in [1.29, 1.82) is 0 Å². The average molecular weight is 293 g/mol. The summed E-state index contributed by atoms with van der Waals surface area (Å²) in [6.07, 6.45) is 1.87. The molecule has 21 heavy (non-hydrogen) atoms. The third kappa shape index (κ3) is 4.09. The predicted molar refractivity (Wildman–Crippen MR) is 82.3 cm³/mol. The molecule has 2 N–H and O–H groups in total. The molecule has 0 aliphatic carbocycles. The minimum atomic E-state index is 0.695. The van der Waals surface area contributed by atoms with Crippen molar-refractivity contribution < 1.29 is 14.2 Å². The van der Waals surface area contributed by atoms with Crippen molar-refractivity contribution in [2.24, 2.45) is 0 Å². The van der Waals surface area contributed by atoms with Crippen LogP contribution in [0, 0.1) is 0 Å². The Balaban J connectivity index is 1.95. The van der Waals surface area contributed by atoms with Gasteiger partial charge in [-0.15, -0.1) is 0 Å². The molecule has 2 rings (SSSR count). The zero-order chi connectivity index (χ0) is 15.1. The largest absolute Gasteiger partial charge is 0.493 e. The first-order valence-electron chi connectivity index (χ1n) is 7.08. The van der Waals surface area contributed by atoms with Gasteiger partial charge >= 0.3 is 0 Å². The highest BCUT2D eigenvalue weighted by atomic mass is 16.5. The van der Waals surface area contributed by atoms with E-state index in [1.165, 1.54) is 0 Å². The summed E-state index contributed by atoms with van der Waals surface area (Å²) in [5, 5.41) is 3.37. The van der Waals surface area contributed by atoms with Gasteiger partial charge in [-0.1, -0.05) is 0 Å². The third-order valence-corrected chi connectivity index (χ3v) is 3.28. The number of rotatable bonds is 9. The van der Waals surface area contributed by atoms with Gasteiger partial charge in [0.05, 0.1) is 25.3 Å². The summed E-state index contributed by atoms with van der Waals surface area (Å²) in [5.41, 5.74) is 1.85. The Hall–Kier alpha value is -1.79. The van der Waals surface area contributed by atoms with E-state index in [2.05, 4.69) is 15.3 Å². The number of aromatic amines is 1. The topological polar surface area (TPSA) is 68.4 Å². The number of ether oxygens (including phenoxy) is 3. The van der Waals surface area contributed by atoms with Crippen LogP contribution >= 0.6 is 0 Å². The first-order chi connectivity index (χ1) is 10.3. The van der Waals surface area contributed by atoms with E-state index < -0.39 is 0 Å². The molecule has 0 fully saturated rings. The van der Waals surface area contributed by atoms with Crippen LogP contribution in [-0.2, 0) is 11.2 Å². The van der Waals surface area contributed by atoms with E-state index in [4.69, 9.17) is 14.2 Å². The zero-order valence-electron chi connectivity index (χ0n) is 12.9. The number of methoxy groups -OCH3 is 3. The lowest BCUT2D eigenvalue weighted by Crippen LogP contribution is -2.19. The van der Waals surface area contributed by atoms with E-state index in [0.29, 0.717) is 11.5 Å². The molecule has 1 aromatic carbocycles. The van der Waals surface area contributed by atoms with E-state index >= 15 is 0 Å². The van der Waals surface area contributed by atoms with Gasteiger partial charge in [0.15, 0.2) is 11.5 Å². The minimum Gasteiger partial charge on any atom is -0.493 e. The van der Waals surface area contributed by atoms with E-state index in [9.17, 15) is 0 Å². The fourth-order valence-corrected chi connectivity index (χ4v) is 2.18. The van der Waals surface area contributed by atoms with Crippen LogP contribution in [0.15, 0.2) is 12.1 Å². The maximum absolute atomic E-state index is 5.29. The van der Waals surface area contributed by atoms with Gasteiger partial charge in [-0.25, -0.2) is 4.98 Å². The maximum atomic E-state index is 5.29. The number of nitrogens with zero attached hydrogens (tertiary/aromatic N) is 1. The summed E-state index contributed by atoms with van der Waals surface area (Å²) in [6.45, 7) is 2.63. The van der Waals surface area contributed by atoms with Gasteiger partial charge in [-0.05, 0) is 13.0 Å². The van der Waals surface area contributed by atoms with Crippen molar-refractivity contribution in [3.63, 3.8) is 0 Å². The molecule has 0 saturated heterocycles. The van der Waals surface area contributed by atoms with Crippen molar-refractivity contribution >= 4 is 11.0 Å². The Labute approximate surface area is 124 Å². The third-order valence-electron chi connectivity index (χ3n) is 3.28. The van der Waals surface area contributed by atoms with Crippen LogP contribution in [0.4, 0.5) is 0 Å². The normalized spacial score (nSPS) is 11.0. The second-order valence-corrected chi connectivity index (χ2v) is 4.75. The first-order valence-corrected chi connectivity index (χ1v) is 7.08. The zero-order valence-corrected chi connectivity index (χ0v) is 12.9. The number of hydrogen-bond donors (Lipinski definition) is 2. The van der Waals surface area contributed by atoms with E-state index in [1.807, 2.05) is 12.1 Å². The molecule has 0 amide bonds. The van der Waals surface area contributed by atoms with Crippen LogP contribution in [0.3, 0.4) is 0 Å². The van der Waals surface area contributed by atoms with Gasteiger partial charge in [0.25, 0.3) is 0 Å². The lowest BCUT2D eigenvalue weighted by molar-refractivity contribution is 0.194. The Morgan fingerprint density at radius 3 is 2.57 bits per heavy atom. The Morgan fingerprint density at radius 1 is 1.10 bits per heavy atom. The SMILES string of the molecule is COCCCNCCc1nc2cc(OC)c(OC)cc2[nH]1. The number of hydrogen-bond acceptors (Lipinski definition) is 5. The second kappa shape index (κ2) is 7.85. The number of fused-ring (bicyclic) bond motifs is 1. The lowest BCUT2D eigenvalue weighted by atomic mass is 10.3. The summed E-state index contributed by atoms with van der Waals surface area (Å²) in [7, 11) is 4.98. The molecule has 0 aliphatic rings. The van der Waals surface area contributed by atoms with Crippen molar-refractivity contribution in [3.05, 3.63) is 18.0 Å². The molecule has 1 heterocycles. The van der Waals surface area contributed by atoms with E-state index in [1.54, 1.807) is 21.3 Å². The van der Waals surface area contributed by atoms with Crippen LogP contribution in [0.1, 0.15) is 12.2 Å². The number of benzene rings is 1. The van der Waals surface area contributed by atoms with Crippen molar-refractivity contribution in [2.75, 3.05) is 41.0 Å². The standard InChI is InChI=1S/C15H23N3O3/c1-19-8-4-6-16-7-5-15-17-11-9-13(20-2)14(21-3)10-12(11)18-15/h9-10,16H,4-8H2,1-3H3,(H,17,18). The number of H-pyrrole nitrogens is 1. The Morgan fingerprint density at radius 2 is 1.86 bits per heavy atom. The quantitative estimate of drug-likeness (QED) is 0.689. The van der Waals surface area contributed by atoms with Gasteiger partial charge in [-0.2, -0.15) is 0 Å². The van der Waals surface area contributed by atoms with Crippen LogP contribution in [0.2, 0.25) is 0 Å². The van der Waals surface area contributed by atoms with Gasteiger partial charge in [0.2, 0.25) is 0 Å². The maximum Gasteiger partial charge on any atom is 0.163 e. The molecule has 1 aromatic heterocycles. The number of nitrogens with one attached hydrogen (secondary N) is 2. The van der Waals surface area contributed by atoms with E-state index in [-0.39, 0.29) is 0 Å². The predicted octanol–water partition coefficient (Wildman–Crippen LogP) is 1.75. The molecule has 116 valence electrons. The summed E-state index contributed by atoms with van der Waals surface area (Å²) in [4.78, 5) is 7.89. The molecule has 0 unspecified atom stereocenters. The molecule has 6 heteroatoms. The van der Waals surface area contributed by atoms with Gasteiger partial charge in [0.1, 0.15) is 5.82 Å². The molecule has 0 spiro atoms. The summed E-state index contributed by atoms with van der Waals surface area (Å²) >= 11 is 0. The molecule has 6 nitrogen and oxygen atoms in total. The Bertz CT molecular complexity index is 528. The van der Waals surface area contributed by atoms with Crippen LogP contribution < -0.4 is 14.8 Å². The van der Waals surface area contributed by atoms with Gasteiger partial charge in [-0.3, -0.25) is 0 Å². The van der Waals surface area contributed by atoms with Gasteiger partial charge < -0.3 is 24.5 Å². The van der Waals surface area contributed by atoms with Gasteiger partial charge in [0, 0.05) is 38.8 Å². The summed E-state index contributed by atoms with van der Waals surface area (Å²) < 4.78 is 15.6. The number of imidazole rings is 1. The highest BCUT2D eigenvalue weighted by Crippen LogP contribution is 2.30. The first kappa shape index (κ1) is 15.6. The van der Waals surface area contributed by atoms with Crippen LogP contribution in [0.25, 0.3) is 11.0 Å². The van der Waals surface area contributed by atoms with E-state index in [0.717, 1.165) is 49.4 Å². The van der Waals surface area contributed by atoms with Crippen molar-refractivity contribution in [1.82, 2.24) is 15.3 Å². The molecule has 0 atom stereocenters. The second-order valence-electron chi connectivity index (χ2n) is 4.75. The molecular weight excluding hydrogens is 270 g/mol. The monoisotopic (exact) mass is 293 g/mol. The average Bonchev–Trinajstić information content (AvgIpc) is 2.90. The summed E-state index contributed by atoms with van der Waals surface area (Å²) in [5.74, 6) is 2.36. The fraction of sp³-hybridized carbons (Fsp3) is 0.533. The number of aromatic nitrogens is 2. The highest BCUT2D eigenvalue weighted by Gasteiger charge is 2.09. The Kier molecular flexibility index (Phi) is 5.83. The highest BCUT2D eigenvalue weighted by molar-refractivity contribution is 5.79. The summed E-state index contributed by atoms with van der Waals surface area (Å²) in [6, 6.07) is 3.80. The molecule has 0 radical (unpaired) electrons. The van der Waals surface area contributed by atoms with Crippen molar-refractivity contribution in [2.45, 2.75) is 12.8 Å². The fourth-order valence-electron chi connectivity index (χ4n) is 2.18. The van der Waals surface area contributed by atoms with Crippen molar-refractivity contribution in [3.8, 4) is 11.5 Å². The van der Waals surface area contributed by atoms with Crippen LogP contribution in [-0.4, -0.2) is 51.0 Å². The smallest absolute Gasteiger partial charge is 0.163 e. The molecule has 0 bridgehead atoms. The molecule has 2 aromatic rings.